The lowest BCUT2D eigenvalue weighted by atomic mass is 10.0. The third kappa shape index (κ3) is 4.95. The first kappa shape index (κ1) is 14.3. The number of ether oxygens (including phenoxy) is 1. The average Bonchev–Trinajstić information content (AvgIpc) is 2.35. The SMILES string of the molecule is CSCCC(NC(=O)C1CCCOC1)C(=O)O. The fourth-order valence-corrected chi connectivity index (χ4v) is 2.20. The Morgan fingerprint density at radius 2 is 2.35 bits per heavy atom. The summed E-state index contributed by atoms with van der Waals surface area (Å²) in [5, 5.41) is 11.6. The van der Waals surface area contributed by atoms with E-state index < -0.39 is 12.0 Å². The lowest BCUT2D eigenvalue weighted by Crippen LogP contribution is -2.45. The topological polar surface area (TPSA) is 75.6 Å². The number of hydrogen-bond donors (Lipinski definition) is 2. The van der Waals surface area contributed by atoms with Crippen LogP contribution in [0.4, 0.5) is 0 Å². The van der Waals surface area contributed by atoms with Gasteiger partial charge in [0.05, 0.1) is 12.5 Å². The number of hydrogen-bond acceptors (Lipinski definition) is 4. The van der Waals surface area contributed by atoms with Crippen molar-refractivity contribution in [2.45, 2.75) is 25.3 Å². The Balaban J connectivity index is 2.42. The number of rotatable bonds is 6. The molecular formula is C11H19NO4S. The number of aliphatic carboxylic acids is 1. The number of carboxylic acid groups (broad SMARTS) is 1. The molecule has 0 radical (unpaired) electrons. The Morgan fingerprint density at radius 3 is 2.88 bits per heavy atom. The molecule has 0 aliphatic carbocycles. The Morgan fingerprint density at radius 1 is 1.59 bits per heavy atom. The third-order valence-electron chi connectivity index (χ3n) is 2.76. The molecule has 1 fully saturated rings. The van der Waals surface area contributed by atoms with Gasteiger partial charge in [-0.05, 0) is 31.3 Å². The van der Waals surface area contributed by atoms with Gasteiger partial charge in [-0.15, -0.1) is 0 Å². The first-order valence-corrected chi connectivity index (χ1v) is 7.14. The normalized spacial score (nSPS) is 21.8. The van der Waals surface area contributed by atoms with Crippen molar-refractivity contribution >= 4 is 23.6 Å². The summed E-state index contributed by atoms with van der Waals surface area (Å²) in [5.41, 5.74) is 0. The monoisotopic (exact) mass is 261 g/mol. The van der Waals surface area contributed by atoms with E-state index in [1.165, 1.54) is 0 Å². The smallest absolute Gasteiger partial charge is 0.326 e. The maximum Gasteiger partial charge on any atom is 0.326 e. The molecule has 0 saturated carbocycles. The van der Waals surface area contributed by atoms with Crippen molar-refractivity contribution in [3.63, 3.8) is 0 Å². The first-order valence-electron chi connectivity index (χ1n) is 5.75. The Labute approximate surface area is 105 Å². The van der Waals surface area contributed by atoms with Gasteiger partial charge in [-0.3, -0.25) is 4.79 Å². The molecule has 1 rings (SSSR count). The quantitative estimate of drug-likeness (QED) is 0.737. The minimum atomic E-state index is -0.968. The molecule has 1 amide bonds. The van der Waals surface area contributed by atoms with Gasteiger partial charge in [-0.1, -0.05) is 0 Å². The number of carbonyl (C=O) groups is 2. The number of carbonyl (C=O) groups excluding carboxylic acids is 1. The highest BCUT2D eigenvalue weighted by atomic mass is 32.2. The van der Waals surface area contributed by atoms with Crippen LogP contribution in [-0.4, -0.2) is 48.2 Å². The van der Waals surface area contributed by atoms with E-state index in [4.69, 9.17) is 9.84 Å². The van der Waals surface area contributed by atoms with E-state index in [-0.39, 0.29) is 11.8 Å². The summed E-state index contributed by atoms with van der Waals surface area (Å²) in [4.78, 5) is 22.8. The van der Waals surface area contributed by atoms with Crippen LogP contribution in [0.3, 0.4) is 0 Å². The molecule has 17 heavy (non-hydrogen) atoms. The zero-order chi connectivity index (χ0) is 12.7. The molecule has 1 aliphatic heterocycles. The predicted molar refractivity (Wildman–Crippen MR) is 66.1 cm³/mol. The lowest BCUT2D eigenvalue weighted by Gasteiger charge is -2.23. The molecule has 0 aromatic carbocycles. The number of amides is 1. The van der Waals surface area contributed by atoms with Gasteiger partial charge in [0.1, 0.15) is 6.04 Å². The number of carboxylic acids is 1. The molecule has 1 aliphatic rings. The Kier molecular flexibility index (Phi) is 6.36. The summed E-state index contributed by atoms with van der Waals surface area (Å²) in [5.74, 6) is -0.638. The van der Waals surface area contributed by atoms with Crippen LogP contribution in [0.15, 0.2) is 0 Å². The van der Waals surface area contributed by atoms with Crippen LogP contribution >= 0.6 is 11.8 Å². The van der Waals surface area contributed by atoms with Crippen LogP contribution in [0.5, 0.6) is 0 Å². The molecule has 0 aromatic heterocycles. The molecular weight excluding hydrogens is 242 g/mol. The van der Waals surface area contributed by atoms with Crippen molar-refractivity contribution in [3.05, 3.63) is 0 Å². The minimum absolute atomic E-state index is 0.195. The second-order valence-electron chi connectivity index (χ2n) is 4.09. The summed E-state index contributed by atoms with van der Waals surface area (Å²) < 4.78 is 5.21. The second-order valence-corrected chi connectivity index (χ2v) is 5.08. The summed E-state index contributed by atoms with van der Waals surface area (Å²) in [6.45, 7) is 1.10. The molecule has 1 heterocycles. The zero-order valence-corrected chi connectivity index (χ0v) is 10.8. The summed E-state index contributed by atoms with van der Waals surface area (Å²) in [6, 6.07) is -0.781. The highest BCUT2D eigenvalue weighted by Gasteiger charge is 2.26. The largest absolute Gasteiger partial charge is 0.480 e. The van der Waals surface area contributed by atoms with E-state index in [0.29, 0.717) is 19.6 Å². The molecule has 2 unspecified atom stereocenters. The third-order valence-corrected chi connectivity index (χ3v) is 3.40. The van der Waals surface area contributed by atoms with Crippen LogP contribution in [0.1, 0.15) is 19.3 Å². The summed E-state index contributed by atoms with van der Waals surface area (Å²) >= 11 is 1.57. The van der Waals surface area contributed by atoms with Gasteiger partial charge in [0.15, 0.2) is 0 Å². The van der Waals surface area contributed by atoms with Crippen molar-refractivity contribution in [2.75, 3.05) is 25.2 Å². The molecule has 6 heteroatoms. The summed E-state index contributed by atoms with van der Waals surface area (Å²) in [7, 11) is 0. The highest BCUT2D eigenvalue weighted by Crippen LogP contribution is 2.14. The molecule has 2 atom stereocenters. The van der Waals surface area contributed by atoms with Gasteiger partial charge in [-0.25, -0.2) is 4.79 Å². The summed E-state index contributed by atoms with van der Waals surface area (Å²) in [6.07, 6.45) is 4.01. The van der Waals surface area contributed by atoms with Crippen molar-refractivity contribution < 1.29 is 19.4 Å². The van der Waals surface area contributed by atoms with Crippen LogP contribution < -0.4 is 5.32 Å². The molecule has 0 bridgehead atoms. The van der Waals surface area contributed by atoms with E-state index >= 15 is 0 Å². The highest BCUT2D eigenvalue weighted by molar-refractivity contribution is 7.98. The van der Waals surface area contributed by atoms with Crippen LogP contribution in [0.2, 0.25) is 0 Å². The van der Waals surface area contributed by atoms with Gasteiger partial charge >= 0.3 is 5.97 Å². The molecule has 2 N–H and O–H groups in total. The zero-order valence-electron chi connectivity index (χ0n) is 9.98. The van der Waals surface area contributed by atoms with Crippen molar-refractivity contribution in [3.8, 4) is 0 Å². The lowest BCUT2D eigenvalue weighted by molar-refractivity contribution is -0.143. The van der Waals surface area contributed by atoms with Gasteiger partial charge in [-0.2, -0.15) is 11.8 Å². The van der Waals surface area contributed by atoms with Crippen molar-refractivity contribution in [1.29, 1.82) is 0 Å². The fraction of sp³-hybridized carbons (Fsp3) is 0.818. The molecule has 0 spiro atoms. The predicted octanol–water partition coefficient (Wildman–Crippen LogP) is 0.735. The standard InChI is InChI=1S/C11H19NO4S/c1-17-6-4-9(11(14)15)12-10(13)8-3-2-5-16-7-8/h8-9H,2-7H2,1H3,(H,12,13)(H,14,15). The van der Waals surface area contributed by atoms with E-state index in [1.54, 1.807) is 11.8 Å². The number of thioether (sulfide) groups is 1. The van der Waals surface area contributed by atoms with Gasteiger partial charge in [0.2, 0.25) is 5.91 Å². The van der Waals surface area contributed by atoms with Crippen molar-refractivity contribution in [2.24, 2.45) is 5.92 Å². The average molecular weight is 261 g/mol. The van der Waals surface area contributed by atoms with E-state index in [9.17, 15) is 9.59 Å². The fourth-order valence-electron chi connectivity index (χ4n) is 1.73. The maximum absolute atomic E-state index is 11.8. The van der Waals surface area contributed by atoms with Gasteiger partial charge < -0.3 is 15.2 Å². The van der Waals surface area contributed by atoms with Gasteiger partial charge in [0.25, 0.3) is 0 Å². The van der Waals surface area contributed by atoms with Crippen LogP contribution in [-0.2, 0) is 14.3 Å². The molecule has 98 valence electrons. The van der Waals surface area contributed by atoms with E-state index in [0.717, 1.165) is 18.6 Å². The second kappa shape index (κ2) is 7.55. The van der Waals surface area contributed by atoms with Crippen LogP contribution in [0, 0.1) is 5.92 Å². The van der Waals surface area contributed by atoms with Crippen LogP contribution in [0.25, 0.3) is 0 Å². The maximum atomic E-state index is 11.8. The Hall–Kier alpha value is -0.750. The van der Waals surface area contributed by atoms with E-state index in [2.05, 4.69) is 5.32 Å². The van der Waals surface area contributed by atoms with E-state index in [1.807, 2.05) is 6.26 Å². The van der Waals surface area contributed by atoms with Crippen molar-refractivity contribution in [1.82, 2.24) is 5.32 Å². The number of nitrogens with one attached hydrogen (secondary N) is 1. The first-order chi connectivity index (χ1) is 8.15. The molecule has 5 nitrogen and oxygen atoms in total. The Bertz CT molecular complexity index is 266. The minimum Gasteiger partial charge on any atom is -0.480 e. The molecule has 1 saturated heterocycles. The molecule has 0 aromatic rings. The van der Waals surface area contributed by atoms with Gasteiger partial charge in [0, 0.05) is 6.61 Å².